The van der Waals surface area contributed by atoms with Gasteiger partial charge < -0.3 is 32.4 Å². The molecular weight excluding hydrogens is 268 g/mol. The Balaban J connectivity index is 2.16. The van der Waals surface area contributed by atoms with E-state index in [1.807, 2.05) is 6.92 Å². The van der Waals surface area contributed by atoms with E-state index in [1.165, 1.54) is 0 Å². The summed E-state index contributed by atoms with van der Waals surface area (Å²) in [6.07, 6.45) is 0.0563. The lowest BCUT2D eigenvalue weighted by atomic mass is 10.2. The van der Waals surface area contributed by atoms with Crippen molar-refractivity contribution in [2.24, 2.45) is 0 Å². The summed E-state index contributed by atoms with van der Waals surface area (Å²) in [5.41, 5.74) is 25.3. The van der Waals surface area contributed by atoms with Gasteiger partial charge in [-0.1, -0.05) is 6.92 Å². The summed E-state index contributed by atoms with van der Waals surface area (Å²) in [5.74, 6) is 0.952. The largest absolute Gasteiger partial charge is 0.453 e. The van der Waals surface area contributed by atoms with Gasteiger partial charge in [0, 0.05) is 29.9 Å². The fourth-order valence-electron chi connectivity index (χ4n) is 1.78. The molecule has 2 aromatic rings. The maximum Gasteiger partial charge on any atom is 0.241 e. The quantitative estimate of drug-likeness (QED) is 0.494. The van der Waals surface area contributed by atoms with Gasteiger partial charge in [0.2, 0.25) is 6.29 Å². The molecule has 0 unspecified atom stereocenters. The summed E-state index contributed by atoms with van der Waals surface area (Å²) in [6, 6.07) is 10.1. The predicted molar refractivity (Wildman–Crippen MR) is 85.9 cm³/mol. The molecule has 0 aromatic heterocycles. The van der Waals surface area contributed by atoms with Gasteiger partial charge in [-0.2, -0.15) is 0 Å². The molecule has 21 heavy (non-hydrogen) atoms. The summed E-state index contributed by atoms with van der Waals surface area (Å²) in [6.45, 7) is 1.93. The van der Waals surface area contributed by atoms with Crippen LogP contribution < -0.4 is 32.4 Å². The Labute approximate surface area is 123 Å². The number of nitrogen functional groups attached to an aromatic ring is 4. The second-order valence-electron chi connectivity index (χ2n) is 4.67. The van der Waals surface area contributed by atoms with Crippen LogP contribution in [0.25, 0.3) is 0 Å². The minimum atomic E-state index is -0.543. The van der Waals surface area contributed by atoms with Crippen molar-refractivity contribution in [1.29, 1.82) is 0 Å². The van der Waals surface area contributed by atoms with E-state index in [-0.39, 0.29) is 0 Å². The molecule has 0 heterocycles. The van der Waals surface area contributed by atoms with Crippen LogP contribution in [0.1, 0.15) is 13.3 Å². The van der Waals surface area contributed by atoms with Crippen LogP contribution in [0.3, 0.4) is 0 Å². The first kappa shape index (κ1) is 14.6. The lowest BCUT2D eigenvalue weighted by molar-refractivity contribution is 0.00455. The van der Waals surface area contributed by atoms with Gasteiger partial charge in [0.05, 0.1) is 11.4 Å². The Bertz CT molecular complexity index is 578. The van der Waals surface area contributed by atoms with Crippen LogP contribution in [-0.2, 0) is 0 Å². The van der Waals surface area contributed by atoms with Gasteiger partial charge in [0.1, 0.15) is 11.5 Å². The molecule has 0 aliphatic carbocycles. The van der Waals surface area contributed by atoms with E-state index >= 15 is 0 Å². The van der Waals surface area contributed by atoms with E-state index in [4.69, 9.17) is 32.4 Å². The Morgan fingerprint density at radius 3 is 1.62 bits per heavy atom. The van der Waals surface area contributed by atoms with Crippen LogP contribution in [0.2, 0.25) is 0 Å². The zero-order chi connectivity index (χ0) is 15.4. The van der Waals surface area contributed by atoms with E-state index in [2.05, 4.69) is 0 Å². The molecule has 0 aliphatic heterocycles. The monoisotopic (exact) mass is 288 g/mol. The van der Waals surface area contributed by atoms with Crippen LogP contribution in [0.5, 0.6) is 11.5 Å². The molecule has 0 atom stereocenters. The van der Waals surface area contributed by atoms with Gasteiger partial charge in [0.15, 0.2) is 0 Å². The first-order chi connectivity index (χ1) is 9.99. The summed E-state index contributed by atoms with van der Waals surface area (Å²) in [5, 5.41) is 0. The lowest BCUT2D eigenvalue weighted by Gasteiger charge is -2.21. The van der Waals surface area contributed by atoms with Crippen molar-refractivity contribution in [2.75, 3.05) is 22.9 Å². The molecule has 112 valence electrons. The van der Waals surface area contributed by atoms with Gasteiger partial charge in [-0.05, 0) is 24.3 Å². The smallest absolute Gasteiger partial charge is 0.241 e. The van der Waals surface area contributed by atoms with Crippen molar-refractivity contribution < 1.29 is 9.47 Å². The third kappa shape index (κ3) is 3.62. The number of hydrogen-bond donors (Lipinski definition) is 4. The van der Waals surface area contributed by atoms with Crippen molar-refractivity contribution in [3.05, 3.63) is 36.4 Å². The first-order valence-corrected chi connectivity index (χ1v) is 6.63. The number of nitrogens with two attached hydrogens (primary N) is 4. The molecule has 0 bridgehead atoms. The normalized spacial score (nSPS) is 10.6. The molecule has 0 saturated carbocycles. The van der Waals surface area contributed by atoms with Crippen LogP contribution in [0.4, 0.5) is 22.7 Å². The molecule has 6 nitrogen and oxygen atoms in total. The molecular formula is C15H20N4O2. The fourth-order valence-corrected chi connectivity index (χ4v) is 1.78. The van der Waals surface area contributed by atoms with Gasteiger partial charge in [-0.3, -0.25) is 0 Å². The average molecular weight is 288 g/mol. The molecule has 8 N–H and O–H groups in total. The lowest BCUT2D eigenvalue weighted by Crippen LogP contribution is -2.24. The highest BCUT2D eigenvalue weighted by molar-refractivity contribution is 5.60. The SMILES string of the molecule is CCC(Oc1cc(N)ccc1N)Oc1cc(N)ccc1N. The summed E-state index contributed by atoms with van der Waals surface area (Å²) in [4.78, 5) is 0. The van der Waals surface area contributed by atoms with E-state index in [1.54, 1.807) is 36.4 Å². The first-order valence-electron chi connectivity index (χ1n) is 6.63. The van der Waals surface area contributed by atoms with Gasteiger partial charge in [-0.25, -0.2) is 0 Å². The summed E-state index contributed by atoms with van der Waals surface area (Å²) >= 11 is 0. The van der Waals surface area contributed by atoms with Crippen LogP contribution in [-0.4, -0.2) is 6.29 Å². The second kappa shape index (κ2) is 6.13. The van der Waals surface area contributed by atoms with Crippen LogP contribution in [0.15, 0.2) is 36.4 Å². The van der Waals surface area contributed by atoms with E-state index in [9.17, 15) is 0 Å². The minimum absolute atomic E-state index is 0.476. The Hall–Kier alpha value is -2.76. The zero-order valence-electron chi connectivity index (χ0n) is 11.9. The molecule has 2 rings (SSSR count). The molecule has 0 saturated heterocycles. The minimum Gasteiger partial charge on any atom is -0.453 e. The third-order valence-electron chi connectivity index (χ3n) is 2.93. The zero-order valence-corrected chi connectivity index (χ0v) is 11.9. The third-order valence-corrected chi connectivity index (χ3v) is 2.93. The van der Waals surface area contributed by atoms with Gasteiger partial charge in [0.25, 0.3) is 0 Å². The standard InChI is InChI=1S/C15H20N4O2/c1-2-15(20-13-7-9(16)3-5-11(13)18)21-14-8-10(17)4-6-12(14)19/h3-8,15H,2,16-19H2,1H3. The Morgan fingerprint density at radius 1 is 0.810 bits per heavy atom. The van der Waals surface area contributed by atoms with E-state index in [0.29, 0.717) is 40.7 Å². The predicted octanol–water partition coefficient (Wildman–Crippen LogP) is 2.21. The molecule has 0 radical (unpaired) electrons. The van der Waals surface area contributed by atoms with Crippen LogP contribution in [0, 0.1) is 0 Å². The molecule has 0 aliphatic rings. The highest BCUT2D eigenvalue weighted by Gasteiger charge is 2.14. The van der Waals surface area contributed by atoms with E-state index < -0.39 is 6.29 Å². The van der Waals surface area contributed by atoms with Crippen molar-refractivity contribution in [1.82, 2.24) is 0 Å². The molecule has 6 heteroatoms. The topological polar surface area (TPSA) is 123 Å². The van der Waals surface area contributed by atoms with Gasteiger partial charge in [-0.15, -0.1) is 0 Å². The summed E-state index contributed by atoms with van der Waals surface area (Å²) < 4.78 is 11.5. The molecule has 0 amide bonds. The molecule has 0 spiro atoms. The highest BCUT2D eigenvalue weighted by Crippen LogP contribution is 2.29. The van der Waals surface area contributed by atoms with Gasteiger partial charge >= 0.3 is 0 Å². The number of anilines is 4. The van der Waals surface area contributed by atoms with E-state index in [0.717, 1.165) is 0 Å². The van der Waals surface area contributed by atoms with Crippen molar-refractivity contribution in [2.45, 2.75) is 19.6 Å². The second-order valence-corrected chi connectivity index (χ2v) is 4.67. The average Bonchev–Trinajstić information content (AvgIpc) is 2.45. The number of rotatable bonds is 5. The number of benzene rings is 2. The van der Waals surface area contributed by atoms with Crippen LogP contribution >= 0.6 is 0 Å². The van der Waals surface area contributed by atoms with Crippen molar-refractivity contribution in [3.63, 3.8) is 0 Å². The summed E-state index contributed by atoms with van der Waals surface area (Å²) in [7, 11) is 0. The fraction of sp³-hybridized carbons (Fsp3) is 0.200. The van der Waals surface area contributed by atoms with Crippen molar-refractivity contribution >= 4 is 22.7 Å². The maximum atomic E-state index is 5.86. The highest BCUT2D eigenvalue weighted by atomic mass is 16.7. The van der Waals surface area contributed by atoms with Crippen molar-refractivity contribution in [3.8, 4) is 11.5 Å². The Morgan fingerprint density at radius 2 is 1.24 bits per heavy atom. The molecule has 2 aromatic carbocycles. The number of hydrogen-bond acceptors (Lipinski definition) is 6. The number of ether oxygens (including phenoxy) is 2. The Kier molecular flexibility index (Phi) is 4.27. The molecule has 0 fully saturated rings. The maximum absolute atomic E-state index is 5.86.